The van der Waals surface area contributed by atoms with E-state index in [4.69, 9.17) is 4.42 Å². The van der Waals surface area contributed by atoms with Gasteiger partial charge in [-0.05, 0) is 30.3 Å². The van der Waals surface area contributed by atoms with Crippen LogP contribution in [0.2, 0.25) is 0 Å². The zero-order valence-corrected chi connectivity index (χ0v) is 11.2. The summed E-state index contributed by atoms with van der Waals surface area (Å²) in [5.41, 5.74) is 0.536. The molecule has 1 unspecified atom stereocenters. The van der Waals surface area contributed by atoms with Gasteiger partial charge in [-0.2, -0.15) is 0 Å². The van der Waals surface area contributed by atoms with Gasteiger partial charge < -0.3 is 14.8 Å². The van der Waals surface area contributed by atoms with Crippen molar-refractivity contribution in [2.75, 3.05) is 6.61 Å². The van der Waals surface area contributed by atoms with Crippen molar-refractivity contribution in [2.24, 2.45) is 0 Å². The first-order valence-corrected chi connectivity index (χ1v) is 6.31. The molecule has 1 aromatic carbocycles. The van der Waals surface area contributed by atoms with Gasteiger partial charge in [-0.1, -0.05) is 15.9 Å². The van der Waals surface area contributed by atoms with Crippen molar-refractivity contribution in [2.45, 2.75) is 12.6 Å². The van der Waals surface area contributed by atoms with Gasteiger partial charge in [0.1, 0.15) is 11.6 Å². The number of furan rings is 1. The Kier molecular flexibility index (Phi) is 4.52. The Morgan fingerprint density at radius 2 is 2.22 bits per heavy atom. The Morgan fingerprint density at radius 1 is 1.39 bits per heavy atom. The predicted octanol–water partition coefficient (Wildman–Crippen LogP) is 3.00. The molecule has 0 bridgehead atoms. The molecule has 1 aromatic heterocycles. The fourth-order valence-corrected chi connectivity index (χ4v) is 2.07. The van der Waals surface area contributed by atoms with E-state index in [2.05, 4.69) is 21.2 Å². The molecule has 96 valence electrons. The van der Waals surface area contributed by atoms with Crippen molar-refractivity contribution in [1.82, 2.24) is 5.32 Å². The number of aliphatic hydroxyl groups is 1. The molecule has 0 saturated heterocycles. The third kappa shape index (κ3) is 3.19. The smallest absolute Gasteiger partial charge is 0.127 e. The van der Waals surface area contributed by atoms with Crippen LogP contribution in [-0.4, -0.2) is 11.7 Å². The Hall–Kier alpha value is -1.17. The lowest BCUT2D eigenvalue weighted by Crippen LogP contribution is -2.24. The molecular formula is C13H13BrFNO2. The Morgan fingerprint density at radius 3 is 2.89 bits per heavy atom. The van der Waals surface area contributed by atoms with E-state index in [-0.39, 0.29) is 18.5 Å². The number of benzene rings is 1. The lowest BCUT2D eigenvalue weighted by Gasteiger charge is -2.14. The van der Waals surface area contributed by atoms with E-state index in [0.717, 1.165) is 4.47 Å². The van der Waals surface area contributed by atoms with Gasteiger partial charge in [0.05, 0.1) is 18.9 Å². The summed E-state index contributed by atoms with van der Waals surface area (Å²) < 4.78 is 19.5. The van der Waals surface area contributed by atoms with Crippen LogP contribution in [0.5, 0.6) is 0 Å². The number of rotatable bonds is 5. The fraction of sp³-hybridized carbons (Fsp3) is 0.231. The second-order valence-corrected chi connectivity index (χ2v) is 4.78. The molecule has 2 N–H and O–H groups in total. The molecule has 0 aliphatic rings. The number of hydrogen-bond donors (Lipinski definition) is 2. The van der Waals surface area contributed by atoms with E-state index in [9.17, 15) is 9.50 Å². The molecule has 2 rings (SSSR count). The van der Waals surface area contributed by atoms with Crippen molar-refractivity contribution < 1.29 is 13.9 Å². The standard InChI is InChI=1S/C13H13BrFNO2/c14-10-3-4-11(15)9(6-10)7-16-12(8-17)13-2-1-5-18-13/h1-6,12,16-17H,7-8H2. The maximum atomic E-state index is 13.5. The highest BCUT2D eigenvalue weighted by Crippen LogP contribution is 2.18. The van der Waals surface area contributed by atoms with Crippen LogP contribution in [0.15, 0.2) is 45.5 Å². The number of halogens is 2. The molecule has 0 spiro atoms. The highest BCUT2D eigenvalue weighted by Gasteiger charge is 2.13. The molecule has 0 radical (unpaired) electrons. The van der Waals surface area contributed by atoms with E-state index in [1.165, 1.54) is 6.07 Å². The third-order valence-electron chi connectivity index (χ3n) is 2.62. The maximum absolute atomic E-state index is 13.5. The van der Waals surface area contributed by atoms with E-state index < -0.39 is 0 Å². The third-order valence-corrected chi connectivity index (χ3v) is 3.11. The minimum atomic E-state index is -0.335. The first-order valence-electron chi connectivity index (χ1n) is 5.52. The summed E-state index contributed by atoms with van der Waals surface area (Å²) in [6, 6.07) is 7.94. The quantitative estimate of drug-likeness (QED) is 0.892. The van der Waals surface area contributed by atoms with Crippen LogP contribution < -0.4 is 5.32 Å². The summed E-state index contributed by atoms with van der Waals surface area (Å²) in [6.07, 6.45) is 1.54. The van der Waals surface area contributed by atoms with Gasteiger partial charge in [0.2, 0.25) is 0 Å². The van der Waals surface area contributed by atoms with Crippen molar-refractivity contribution in [3.05, 3.63) is 58.2 Å². The maximum Gasteiger partial charge on any atom is 0.127 e. The lowest BCUT2D eigenvalue weighted by molar-refractivity contribution is 0.225. The van der Waals surface area contributed by atoms with Gasteiger partial charge in [0.25, 0.3) is 0 Å². The average Bonchev–Trinajstić information content (AvgIpc) is 2.88. The number of aliphatic hydroxyl groups excluding tert-OH is 1. The van der Waals surface area contributed by atoms with E-state index >= 15 is 0 Å². The number of hydrogen-bond acceptors (Lipinski definition) is 3. The molecular weight excluding hydrogens is 301 g/mol. The molecule has 0 saturated carbocycles. The van der Waals surface area contributed by atoms with Crippen molar-refractivity contribution in [3.8, 4) is 0 Å². The zero-order chi connectivity index (χ0) is 13.0. The molecule has 0 aliphatic carbocycles. The van der Waals surface area contributed by atoms with Crippen molar-refractivity contribution in [1.29, 1.82) is 0 Å². The Balaban J connectivity index is 2.04. The van der Waals surface area contributed by atoms with E-state index in [1.807, 2.05) is 0 Å². The molecule has 2 aromatic rings. The summed E-state index contributed by atoms with van der Waals surface area (Å²) in [6.45, 7) is 0.209. The number of nitrogens with one attached hydrogen (secondary N) is 1. The first-order chi connectivity index (χ1) is 8.70. The van der Waals surface area contributed by atoms with Gasteiger partial charge in [-0.25, -0.2) is 4.39 Å². The zero-order valence-electron chi connectivity index (χ0n) is 9.57. The van der Waals surface area contributed by atoms with Crippen LogP contribution in [-0.2, 0) is 6.54 Å². The predicted molar refractivity (Wildman–Crippen MR) is 69.5 cm³/mol. The van der Waals surface area contributed by atoms with Crippen molar-refractivity contribution in [3.63, 3.8) is 0 Å². The highest BCUT2D eigenvalue weighted by atomic mass is 79.9. The summed E-state index contributed by atoms with van der Waals surface area (Å²) in [7, 11) is 0. The molecule has 0 amide bonds. The van der Waals surface area contributed by atoms with Gasteiger partial charge in [0, 0.05) is 16.6 Å². The first kappa shape index (κ1) is 13.3. The Bertz CT molecular complexity index is 502. The van der Waals surface area contributed by atoms with E-state index in [0.29, 0.717) is 17.9 Å². The topological polar surface area (TPSA) is 45.4 Å². The Labute approximate surface area is 113 Å². The summed E-state index contributed by atoms with van der Waals surface area (Å²) in [5.74, 6) is 0.356. The minimum absolute atomic E-state index is 0.108. The van der Waals surface area contributed by atoms with Gasteiger partial charge in [-0.3, -0.25) is 0 Å². The molecule has 3 nitrogen and oxygen atoms in total. The summed E-state index contributed by atoms with van der Waals surface area (Å²) in [4.78, 5) is 0. The largest absolute Gasteiger partial charge is 0.468 e. The average molecular weight is 314 g/mol. The SMILES string of the molecule is OCC(NCc1cc(Br)ccc1F)c1ccco1. The van der Waals surface area contributed by atoms with Crippen LogP contribution in [0.1, 0.15) is 17.4 Å². The highest BCUT2D eigenvalue weighted by molar-refractivity contribution is 9.10. The van der Waals surface area contributed by atoms with Crippen LogP contribution in [0.25, 0.3) is 0 Å². The van der Waals surface area contributed by atoms with Crippen molar-refractivity contribution >= 4 is 15.9 Å². The van der Waals surface area contributed by atoms with Gasteiger partial charge in [-0.15, -0.1) is 0 Å². The molecule has 1 atom stereocenters. The second-order valence-electron chi connectivity index (χ2n) is 3.87. The summed E-state index contributed by atoms with van der Waals surface area (Å²) in [5, 5.41) is 12.3. The second kappa shape index (κ2) is 6.13. The van der Waals surface area contributed by atoms with Crippen LogP contribution in [0.3, 0.4) is 0 Å². The molecule has 1 heterocycles. The van der Waals surface area contributed by atoms with Gasteiger partial charge >= 0.3 is 0 Å². The minimum Gasteiger partial charge on any atom is -0.468 e. The monoisotopic (exact) mass is 313 g/mol. The van der Waals surface area contributed by atoms with Gasteiger partial charge in [0.15, 0.2) is 0 Å². The molecule has 5 heteroatoms. The summed E-state index contributed by atoms with van der Waals surface area (Å²) >= 11 is 3.30. The fourth-order valence-electron chi connectivity index (χ4n) is 1.66. The van der Waals surface area contributed by atoms with E-state index in [1.54, 1.807) is 30.5 Å². The normalized spacial score (nSPS) is 12.6. The van der Waals surface area contributed by atoms with Crippen LogP contribution >= 0.6 is 15.9 Å². The van der Waals surface area contributed by atoms with Crippen LogP contribution in [0.4, 0.5) is 4.39 Å². The molecule has 0 aliphatic heterocycles. The molecule has 0 fully saturated rings. The van der Waals surface area contributed by atoms with Crippen LogP contribution in [0, 0.1) is 5.82 Å². The molecule has 18 heavy (non-hydrogen) atoms. The lowest BCUT2D eigenvalue weighted by atomic mass is 10.2.